The van der Waals surface area contributed by atoms with Crippen LogP contribution >= 0.6 is 23.2 Å². The van der Waals surface area contributed by atoms with Crippen LogP contribution in [0.5, 0.6) is 0 Å². The maximum atomic E-state index is 13.9. The van der Waals surface area contributed by atoms with Gasteiger partial charge in [0, 0.05) is 0 Å². The minimum atomic E-state index is -1.11. The van der Waals surface area contributed by atoms with E-state index in [0.717, 1.165) is 16.8 Å². The third-order valence-corrected chi connectivity index (χ3v) is 8.18. The van der Waals surface area contributed by atoms with Gasteiger partial charge in [0.2, 0.25) is 5.91 Å². The number of carbonyl (C=O) groups is 2. The summed E-state index contributed by atoms with van der Waals surface area (Å²) < 4.78 is -1.11. The lowest BCUT2D eigenvalue weighted by molar-refractivity contribution is -0.126. The van der Waals surface area contributed by atoms with E-state index in [2.05, 4.69) is 0 Å². The van der Waals surface area contributed by atoms with Crippen LogP contribution in [0.15, 0.2) is 84.9 Å². The van der Waals surface area contributed by atoms with Gasteiger partial charge in [0.05, 0.1) is 22.8 Å². The van der Waals surface area contributed by atoms with Crippen LogP contribution in [0, 0.1) is 12.8 Å². The molecule has 2 aliphatic heterocycles. The Bertz CT molecular complexity index is 1270. The van der Waals surface area contributed by atoms with Gasteiger partial charge in [-0.2, -0.15) is 0 Å². The first-order valence-corrected chi connectivity index (χ1v) is 12.0. The molecule has 2 heterocycles. The first-order chi connectivity index (χ1) is 16.3. The van der Waals surface area contributed by atoms with Crippen LogP contribution in [0.4, 0.5) is 11.4 Å². The number of carbonyl (C=O) groups excluding carboxylic acids is 2. The molecular formula is C27H22Cl2N2O3. The molecule has 7 heteroatoms. The van der Waals surface area contributed by atoms with Gasteiger partial charge >= 0.3 is 0 Å². The molecule has 3 aliphatic rings. The lowest BCUT2D eigenvalue weighted by atomic mass is 9.79. The summed E-state index contributed by atoms with van der Waals surface area (Å²) in [6.45, 7) is 1.96. The van der Waals surface area contributed by atoms with Gasteiger partial charge in [0.25, 0.3) is 5.91 Å². The fourth-order valence-corrected chi connectivity index (χ4v) is 6.37. The second-order valence-electron chi connectivity index (χ2n) is 9.22. The summed E-state index contributed by atoms with van der Waals surface area (Å²) in [6.07, 6.45) is -0.510. The number of imide groups is 1. The van der Waals surface area contributed by atoms with Gasteiger partial charge in [-0.25, -0.2) is 9.96 Å². The minimum Gasteiger partial charge on any atom is -0.273 e. The summed E-state index contributed by atoms with van der Waals surface area (Å²) in [5.41, 5.74) is 2.46. The topological polar surface area (TPSA) is 49.9 Å². The van der Waals surface area contributed by atoms with Crippen molar-refractivity contribution in [2.45, 2.75) is 35.2 Å². The second-order valence-corrected chi connectivity index (χ2v) is 10.7. The number of hydrogen-bond acceptors (Lipinski definition) is 4. The van der Waals surface area contributed by atoms with E-state index in [0.29, 0.717) is 12.1 Å². The van der Waals surface area contributed by atoms with Crippen molar-refractivity contribution in [3.8, 4) is 0 Å². The molecule has 0 radical (unpaired) electrons. The van der Waals surface area contributed by atoms with Crippen molar-refractivity contribution in [3.63, 3.8) is 0 Å². The van der Waals surface area contributed by atoms with Crippen LogP contribution in [0.2, 0.25) is 0 Å². The van der Waals surface area contributed by atoms with Gasteiger partial charge in [0.15, 0.2) is 6.10 Å². The van der Waals surface area contributed by atoms with Gasteiger partial charge in [-0.15, -0.1) is 23.2 Å². The Balaban J connectivity index is 1.49. The third-order valence-electron chi connectivity index (χ3n) is 7.24. The van der Waals surface area contributed by atoms with Gasteiger partial charge < -0.3 is 0 Å². The SMILES string of the molecule is Cc1ccc(N2C(=O)C3ON(c4ccccc4)C(C4(c5ccccc5)CC4(Cl)Cl)C3C2=O)cc1. The predicted octanol–water partition coefficient (Wildman–Crippen LogP) is 5.19. The highest BCUT2D eigenvalue weighted by Crippen LogP contribution is 2.70. The molecule has 3 aromatic carbocycles. The molecule has 3 fully saturated rings. The molecule has 34 heavy (non-hydrogen) atoms. The van der Waals surface area contributed by atoms with Crippen LogP contribution in [0.1, 0.15) is 17.5 Å². The van der Waals surface area contributed by atoms with Crippen molar-refractivity contribution < 1.29 is 14.4 Å². The fourth-order valence-electron chi connectivity index (χ4n) is 5.51. The molecule has 0 aromatic heterocycles. The van der Waals surface area contributed by atoms with E-state index in [9.17, 15) is 9.59 Å². The van der Waals surface area contributed by atoms with E-state index in [1.807, 2.05) is 79.7 Å². The zero-order chi connectivity index (χ0) is 23.7. The molecule has 0 spiro atoms. The van der Waals surface area contributed by atoms with Crippen molar-refractivity contribution in [1.82, 2.24) is 0 Å². The number of hydrogen-bond donors (Lipinski definition) is 0. The fraction of sp³-hybridized carbons (Fsp3) is 0.259. The summed E-state index contributed by atoms with van der Waals surface area (Å²) >= 11 is 13.7. The molecule has 1 aliphatic carbocycles. The van der Waals surface area contributed by atoms with E-state index >= 15 is 0 Å². The highest BCUT2D eigenvalue weighted by Gasteiger charge is 2.78. The number of fused-ring (bicyclic) bond motifs is 1. The third kappa shape index (κ3) is 2.97. The zero-order valence-electron chi connectivity index (χ0n) is 18.4. The Morgan fingerprint density at radius 2 is 1.41 bits per heavy atom. The summed E-state index contributed by atoms with van der Waals surface area (Å²) in [4.78, 5) is 35.0. The highest BCUT2D eigenvalue weighted by atomic mass is 35.5. The van der Waals surface area contributed by atoms with Crippen LogP contribution in [-0.4, -0.2) is 28.3 Å². The predicted molar refractivity (Wildman–Crippen MR) is 132 cm³/mol. The average Bonchev–Trinajstić information content (AvgIpc) is 3.12. The zero-order valence-corrected chi connectivity index (χ0v) is 19.9. The molecule has 4 atom stereocenters. The number of nitrogens with zero attached hydrogens (tertiary/aromatic N) is 2. The average molecular weight is 493 g/mol. The smallest absolute Gasteiger partial charge is 0.266 e. The second kappa shape index (κ2) is 7.57. The quantitative estimate of drug-likeness (QED) is 0.371. The number of anilines is 2. The number of alkyl halides is 2. The standard InChI is InChI=1S/C27H22Cl2N2O3/c1-17-12-14-19(15-13-17)30-24(32)21-22(25(30)33)34-31(20-10-6-3-7-11-20)23(21)26(16-27(26,28)29)18-8-4-2-5-9-18/h2-15,21-23H,16H2,1H3. The Kier molecular flexibility index (Phi) is 4.82. The van der Waals surface area contributed by atoms with Gasteiger partial charge in [-0.05, 0) is 43.2 Å². The molecule has 1 saturated carbocycles. The normalized spacial score (nSPS) is 29.4. The van der Waals surface area contributed by atoms with Crippen molar-refractivity contribution >= 4 is 46.4 Å². The maximum absolute atomic E-state index is 13.9. The molecule has 2 amide bonds. The first kappa shape index (κ1) is 21.7. The molecule has 4 unspecified atom stereocenters. The monoisotopic (exact) mass is 492 g/mol. The van der Waals surface area contributed by atoms with Gasteiger partial charge in [0.1, 0.15) is 10.3 Å². The Hall–Kier alpha value is -2.86. The Morgan fingerprint density at radius 3 is 2.00 bits per heavy atom. The molecule has 5 nitrogen and oxygen atoms in total. The molecule has 6 rings (SSSR count). The van der Waals surface area contributed by atoms with Crippen molar-refractivity contribution in [3.05, 3.63) is 96.1 Å². The van der Waals surface area contributed by atoms with Gasteiger partial charge in [-0.3, -0.25) is 14.4 Å². The number of halogens is 2. The first-order valence-electron chi connectivity index (χ1n) is 11.2. The van der Waals surface area contributed by atoms with E-state index in [4.69, 9.17) is 28.0 Å². The molecule has 172 valence electrons. The van der Waals surface area contributed by atoms with E-state index in [-0.39, 0.29) is 11.8 Å². The molecule has 0 N–H and O–H groups in total. The maximum Gasteiger partial charge on any atom is 0.266 e. The Morgan fingerprint density at radius 1 is 0.824 bits per heavy atom. The van der Waals surface area contributed by atoms with Crippen molar-refractivity contribution in [2.75, 3.05) is 9.96 Å². The van der Waals surface area contributed by atoms with Gasteiger partial charge in [-0.1, -0.05) is 66.2 Å². The number of rotatable bonds is 4. The summed E-state index contributed by atoms with van der Waals surface area (Å²) in [6, 6.07) is 26.0. The lowest BCUT2D eigenvalue weighted by Crippen LogP contribution is -2.49. The molecule has 2 saturated heterocycles. The van der Waals surface area contributed by atoms with E-state index in [1.54, 1.807) is 17.2 Å². The lowest BCUT2D eigenvalue weighted by Gasteiger charge is -2.35. The number of hydroxylamine groups is 1. The molecule has 0 bridgehead atoms. The van der Waals surface area contributed by atoms with Crippen LogP contribution in [-0.2, 0) is 19.8 Å². The number of benzene rings is 3. The van der Waals surface area contributed by atoms with Crippen LogP contribution < -0.4 is 9.96 Å². The van der Waals surface area contributed by atoms with Crippen LogP contribution in [0.3, 0.4) is 0 Å². The number of para-hydroxylation sites is 1. The summed E-state index contributed by atoms with van der Waals surface area (Å²) in [5.74, 6) is -1.43. The number of amides is 2. The van der Waals surface area contributed by atoms with Crippen LogP contribution in [0.25, 0.3) is 0 Å². The Labute approximate surface area is 207 Å². The largest absolute Gasteiger partial charge is 0.273 e. The van der Waals surface area contributed by atoms with E-state index < -0.39 is 27.8 Å². The molecule has 3 aromatic rings. The highest BCUT2D eigenvalue weighted by molar-refractivity contribution is 6.52. The summed E-state index contributed by atoms with van der Waals surface area (Å²) in [7, 11) is 0. The summed E-state index contributed by atoms with van der Waals surface area (Å²) in [5, 5.41) is 1.69. The number of aryl methyl sites for hydroxylation is 1. The van der Waals surface area contributed by atoms with Crippen molar-refractivity contribution in [1.29, 1.82) is 0 Å². The molecular weight excluding hydrogens is 471 g/mol. The van der Waals surface area contributed by atoms with E-state index in [1.165, 1.54) is 4.90 Å². The minimum absolute atomic E-state index is 0.298. The van der Waals surface area contributed by atoms with Crippen molar-refractivity contribution in [2.24, 2.45) is 5.92 Å².